The summed E-state index contributed by atoms with van der Waals surface area (Å²) in [6.07, 6.45) is 0. The van der Waals surface area contributed by atoms with Crippen LogP contribution in [0, 0.1) is 12.7 Å². The van der Waals surface area contributed by atoms with E-state index in [1.165, 1.54) is 23.5 Å². The Bertz CT molecular complexity index is 1360. The van der Waals surface area contributed by atoms with Gasteiger partial charge in [-0.25, -0.2) is 22.5 Å². The highest BCUT2D eigenvalue weighted by Gasteiger charge is 2.23. The summed E-state index contributed by atoms with van der Waals surface area (Å²) in [5.74, 6) is 0.360. The molecule has 2 aromatic heterocycles. The Balaban J connectivity index is 1.60. The Hall–Kier alpha value is -3.01. The molecule has 0 aliphatic rings. The maximum absolute atomic E-state index is 13.2. The molecule has 0 unspecified atom stereocenters. The fourth-order valence-corrected chi connectivity index (χ4v) is 5.52. The summed E-state index contributed by atoms with van der Waals surface area (Å²) in [6, 6.07) is 15.0. The third-order valence-corrected chi connectivity index (χ3v) is 7.62. The van der Waals surface area contributed by atoms with Crippen molar-refractivity contribution in [2.75, 3.05) is 7.11 Å². The van der Waals surface area contributed by atoms with E-state index in [1.54, 1.807) is 44.4 Å². The molecule has 0 atom stereocenters. The molecule has 9 heteroatoms. The van der Waals surface area contributed by atoms with Crippen molar-refractivity contribution < 1.29 is 17.5 Å². The summed E-state index contributed by atoms with van der Waals surface area (Å²) in [5.41, 5.74) is 3.61. The van der Waals surface area contributed by atoms with E-state index in [4.69, 9.17) is 4.74 Å². The number of halogens is 1. The molecule has 166 valence electrons. The lowest BCUT2D eigenvalue weighted by Crippen LogP contribution is -2.23. The number of nitrogens with one attached hydrogen (secondary N) is 1. The fourth-order valence-electron chi connectivity index (χ4n) is 3.33. The Morgan fingerprint density at radius 1 is 1.16 bits per heavy atom. The molecule has 0 fully saturated rings. The van der Waals surface area contributed by atoms with Crippen LogP contribution >= 0.6 is 11.3 Å². The molecule has 0 aliphatic carbocycles. The second kappa shape index (κ2) is 8.85. The van der Waals surface area contributed by atoms with Crippen LogP contribution in [0.25, 0.3) is 22.0 Å². The number of sulfonamides is 1. The molecule has 32 heavy (non-hydrogen) atoms. The number of ether oxygens (including phenoxy) is 1. The first-order valence-corrected chi connectivity index (χ1v) is 12.2. The standard InChI is InChI=1S/C23H22FN3O3S2/c1-15-22(32(28,29)25-13-16-5-4-6-19(11-16)30-3)12-21(27(15)2)23-26-20(14-31-23)17-7-9-18(24)10-8-17/h4-12,14,25H,13H2,1-3H3. The van der Waals surface area contributed by atoms with Crippen molar-refractivity contribution in [1.82, 2.24) is 14.3 Å². The average Bonchev–Trinajstić information content (AvgIpc) is 3.39. The first-order valence-electron chi connectivity index (χ1n) is 9.79. The van der Waals surface area contributed by atoms with Gasteiger partial charge in [-0.3, -0.25) is 0 Å². The normalized spacial score (nSPS) is 11.6. The Morgan fingerprint density at radius 2 is 1.91 bits per heavy atom. The molecule has 0 amide bonds. The smallest absolute Gasteiger partial charge is 0.242 e. The highest BCUT2D eigenvalue weighted by atomic mass is 32.2. The number of nitrogens with zero attached hydrogens (tertiary/aromatic N) is 2. The third-order valence-electron chi connectivity index (χ3n) is 5.24. The van der Waals surface area contributed by atoms with Gasteiger partial charge in [-0.15, -0.1) is 11.3 Å². The van der Waals surface area contributed by atoms with Gasteiger partial charge in [0.1, 0.15) is 21.5 Å². The van der Waals surface area contributed by atoms with Crippen molar-refractivity contribution in [3.63, 3.8) is 0 Å². The van der Waals surface area contributed by atoms with Crippen LogP contribution < -0.4 is 9.46 Å². The van der Waals surface area contributed by atoms with E-state index >= 15 is 0 Å². The maximum atomic E-state index is 13.2. The number of aromatic nitrogens is 2. The lowest BCUT2D eigenvalue weighted by atomic mass is 10.2. The van der Waals surface area contributed by atoms with Crippen molar-refractivity contribution in [2.24, 2.45) is 7.05 Å². The molecule has 0 saturated carbocycles. The lowest BCUT2D eigenvalue weighted by Gasteiger charge is -2.08. The third kappa shape index (κ3) is 4.45. The van der Waals surface area contributed by atoms with E-state index in [9.17, 15) is 12.8 Å². The second-order valence-electron chi connectivity index (χ2n) is 7.26. The van der Waals surface area contributed by atoms with Crippen LogP contribution in [0.3, 0.4) is 0 Å². The van der Waals surface area contributed by atoms with E-state index in [2.05, 4.69) is 9.71 Å². The summed E-state index contributed by atoms with van der Waals surface area (Å²) in [6.45, 7) is 1.91. The van der Waals surface area contributed by atoms with Crippen LogP contribution in [-0.2, 0) is 23.6 Å². The molecule has 4 aromatic rings. The highest BCUT2D eigenvalue weighted by molar-refractivity contribution is 7.89. The minimum absolute atomic E-state index is 0.148. The molecule has 4 rings (SSSR count). The van der Waals surface area contributed by atoms with Gasteiger partial charge < -0.3 is 9.30 Å². The Morgan fingerprint density at radius 3 is 2.62 bits per heavy atom. The topological polar surface area (TPSA) is 73.2 Å². The molecule has 2 heterocycles. The number of methoxy groups -OCH3 is 1. The number of benzene rings is 2. The molecule has 0 saturated heterocycles. The highest BCUT2D eigenvalue weighted by Crippen LogP contribution is 2.32. The van der Waals surface area contributed by atoms with E-state index in [-0.39, 0.29) is 17.3 Å². The van der Waals surface area contributed by atoms with Crippen LogP contribution in [0.15, 0.2) is 64.9 Å². The minimum atomic E-state index is -3.74. The molecule has 0 spiro atoms. The predicted octanol–water partition coefficient (Wildman–Crippen LogP) is 4.75. The number of thiazole rings is 1. The van der Waals surface area contributed by atoms with Gasteiger partial charge in [0.05, 0.1) is 18.5 Å². The van der Waals surface area contributed by atoms with Gasteiger partial charge in [0, 0.05) is 30.2 Å². The Kier molecular flexibility index (Phi) is 6.14. The van der Waals surface area contributed by atoms with Crippen molar-refractivity contribution in [1.29, 1.82) is 0 Å². The van der Waals surface area contributed by atoms with Crippen LogP contribution in [0.5, 0.6) is 5.75 Å². The zero-order valence-corrected chi connectivity index (χ0v) is 19.4. The zero-order chi connectivity index (χ0) is 22.9. The second-order valence-corrected chi connectivity index (χ2v) is 9.85. The molecule has 6 nitrogen and oxygen atoms in total. The van der Waals surface area contributed by atoms with Gasteiger partial charge in [0.25, 0.3) is 0 Å². The number of rotatable bonds is 7. The van der Waals surface area contributed by atoms with Crippen molar-refractivity contribution in [2.45, 2.75) is 18.4 Å². The molecule has 0 aliphatic heterocycles. The minimum Gasteiger partial charge on any atom is -0.497 e. The van der Waals surface area contributed by atoms with Crippen LogP contribution in [0.4, 0.5) is 4.39 Å². The van der Waals surface area contributed by atoms with Crippen molar-refractivity contribution >= 4 is 21.4 Å². The quantitative estimate of drug-likeness (QED) is 0.422. The Labute approximate surface area is 190 Å². The monoisotopic (exact) mass is 471 g/mol. The SMILES string of the molecule is COc1cccc(CNS(=O)(=O)c2cc(-c3nc(-c4ccc(F)cc4)cs3)n(C)c2C)c1. The van der Waals surface area contributed by atoms with Gasteiger partial charge in [-0.2, -0.15) is 0 Å². The van der Waals surface area contributed by atoms with Gasteiger partial charge in [-0.05, 0) is 55.0 Å². The van der Waals surface area contributed by atoms with Gasteiger partial charge in [-0.1, -0.05) is 12.1 Å². The zero-order valence-electron chi connectivity index (χ0n) is 17.8. The molecule has 2 aromatic carbocycles. The van der Waals surface area contributed by atoms with Crippen molar-refractivity contribution in [3.8, 4) is 27.7 Å². The number of hydrogen-bond donors (Lipinski definition) is 1. The number of hydrogen-bond acceptors (Lipinski definition) is 5. The van der Waals surface area contributed by atoms with Crippen molar-refractivity contribution in [3.05, 3.63) is 77.1 Å². The van der Waals surface area contributed by atoms with Gasteiger partial charge in [0.15, 0.2) is 0 Å². The first kappa shape index (κ1) is 22.2. The van der Waals surface area contributed by atoms with E-state index < -0.39 is 10.0 Å². The molecule has 0 radical (unpaired) electrons. The van der Waals surface area contributed by atoms with E-state index in [0.29, 0.717) is 27.8 Å². The first-order chi connectivity index (χ1) is 15.3. The maximum Gasteiger partial charge on any atom is 0.242 e. The molecular weight excluding hydrogens is 449 g/mol. The van der Waals surface area contributed by atoms with Crippen LogP contribution in [0.1, 0.15) is 11.3 Å². The summed E-state index contributed by atoms with van der Waals surface area (Å²) in [5, 5.41) is 2.56. The summed E-state index contributed by atoms with van der Waals surface area (Å²) < 4.78 is 48.9. The van der Waals surface area contributed by atoms with Gasteiger partial charge in [0.2, 0.25) is 10.0 Å². The molecule has 0 bridgehead atoms. The summed E-state index contributed by atoms with van der Waals surface area (Å²) in [4.78, 5) is 4.84. The average molecular weight is 472 g/mol. The lowest BCUT2D eigenvalue weighted by molar-refractivity contribution is 0.414. The van der Waals surface area contributed by atoms with Crippen LogP contribution in [-0.4, -0.2) is 25.1 Å². The van der Waals surface area contributed by atoms with Crippen LogP contribution in [0.2, 0.25) is 0 Å². The van der Waals surface area contributed by atoms with E-state index in [0.717, 1.165) is 11.1 Å². The van der Waals surface area contributed by atoms with E-state index in [1.807, 2.05) is 29.1 Å². The molecular formula is C23H22FN3O3S2. The fraction of sp³-hybridized carbons (Fsp3) is 0.174. The summed E-state index contributed by atoms with van der Waals surface area (Å²) >= 11 is 1.41. The largest absolute Gasteiger partial charge is 0.497 e. The predicted molar refractivity (Wildman–Crippen MR) is 124 cm³/mol. The molecule has 1 N–H and O–H groups in total. The van der Waals surface area contributed by atoms with Gasteiger partial charge >= 0.3 is 0 Å². The summed E-state index contributed by atoms with van der Waals surface area (Å²) in [7, 11) is -0.367.